The predicted octanol–water partition coefficient (Wildman–Crippen LogP) is 4.88. The molecule has 3 fully saturated rings. The second kappa shape index (κ2) is 8.00. The Hall–Kier alpha value is -2.02. The van der Waals surface area contributed by atoms with Gasteiger partial charge in [0.2, 0.25) is 0 Å². The highest BCUT2D eigenvalue weighted by atomic mass is 32.2. The number of ketones is 1. The summed E-state index contributed by atoms with van der Waals surface area (Å²) in [7, 11) is -3.30. The molecule has 182 valence electrons. The molecule has 4 aliphatic rings. The van der Waals surface area contributed by atoms with Gasteiger partial charge in [-0.1, -0.05) is 31.7 Å². The van der Waals surface area contributed by atoms with E-state index in [0.29, 0.717) is 32.3 Å². The van der Waals surface area contributed by atoms with E-state index in [0.717, 1.165) is 29.6 Å². The molecule has 2 unspecified atom stereocenters. The molecule has 1 N–H and O–H groups in total. The second-order valence-corrected chi connectivity index (χ2v) is 13.0. The van der Waals surface area contributed by atoms with Crippen LogP contribution >= 0.6 is 0 Å². The Morgan fingerprint density at radius 2 is 1.91 bits per heavy atom. The molecule has 1 saturated heterocycles. The number of sulfone groups is 1. The first kappa shape index (κ1) is 23.7. The molecule has 1 aromatic carbocycles. The third kappa shape index (κ3) is 3.49. The lowest BCUT2D eigenvalue weighted by Gasteiger charge is -2.44. The van der Waals surface area contributed by atoms with Crippen LogP contribution in [0.1, 0.15) is 64.0 Å². The van der Waals surface area contributed by atoms with Gasteiger partial charge in [-0.25, -0.2) is 8.42 Å². The molecule has 0 aromatic heterocycles. The van der Waals surface area contributed by atoms with E-state index in [1.807, 2.05) is 19.1 Å². The van der Waals surface area contributed by atoms with Crippen molar-refractivity contribution in [3.63, 3.8) is 0 Å². The fraction of sp³-hybridized carbons (Fsp3) is 0.536. The van der Waals surface area contributed by atoms with E-state index in [-0.39, 0.29) is 28.6 Å². The Labute approximate surface area is 202 Å². The summed E-state index contributed by atoms with van der Waals surface area (Å²) in [6, 6.07) is 7.00. The Morgan fingerprint density at radius 1 is 1.21 bits per heavy atom. The topological polar surface area (TPSA) is 80.7 Å². The summed E-state index contributed by atoms with van der Waals surface area (Å²) >= 11 is 0. The highest BCUT2D eigenvalue weighted by molar-refractivity contribution is 7.90. The normalized spacial score (nSPS) is 35.7. The first-order chi connectivity index (χ1) is 16.0. The number of Topliss-reactive ketones (excluding diaryl/α,β-unsaturated/α-hetero) is 1. The lowest BCUT2D eigenvalue weighted by molar-refractivity contribution is -0.118. The van der Waals surface area contributed by atoms with Gasteiger partial charge in [-0.2, -0.15) is 0 Å². The first-order valence-corrected chi connectivity index (χ1v) is 14.1. The van der Waals surface area contributed by atoms with Crippen molar-refractivity contribution in [1.29, 1.82) is 0 Å². The molecule has 6 heteroatoms. The van der Waals surface area contributed by atoms with E-state index in [2.05, 4.69) is 19.6 Å². The SMILES string of the molecule is C=C(C)[C@]1(O)CCC2C3CC=C4CC(=O)CCC4=C3[C@@H](c3ccc(S(C)(=O)=O)cc3)OC[C@@]21C. The molecule has 5 atom stereocenters. The number of allylic oxidation sites excluding steroid dienone is 3. The molecule has 3 aliphatic carbocycles. The molecule has 1 heterocycles. The minimum absolute atomic E-state index is 0.201. The molecule has 5 nitrogen and oxygen atoms in total. The first-order valence-electron chi connectivity index (χ1n) is 12.2. The van der Waals surface area contributed by atoms with E-state index in [9.17, 15) is 18.3 Å². The van der Waals surface area contributed by atoms with Crippen molar-refractivity contribution in [2.75, 3.05) is 12.9 Å². The summed E-state index contributed by atoms with van der Waals surface area (Å²) in [6.07, 6.45) is 7.25. The molecule has 2 saturated carbocycles. The Bertz CT molecular complexity index is 1220. The zero-order valence-corrected chi connectivity index (χ0v) is 21.1. The maximum atomic E-state index is 12.2. The van der Waals surface area contributed by atoms with Gasteiger partial charge in [-0.15, -0.1) is 0 Å². The van der Waals surface area contributed by atoms with Crippen molar-refractivity contribution in [2.24, 2.45) is 17.3 Å². The summed E-state index contributed by atoms with van der Waals surface area (Å²) in [4.78, 5) is 12.5. The monoisotopic (exact) mass is 482 g/mol. The molecule has 0 radical (unpaired) electrons. The van der Waals surface area contributed by atoms with Crippen LogP contribution in [-0.4, -0.2) is 37.8 Å². The van der Waals surface area contributed by atoms with Crippen LogP contribution in [0.15, 0.2) is 64.1 Å². The number of rotatable bonds is 3. The molecular formula is C28H34O5S. The fourth-order valence-corrected chi connectivity index (χ4v) is 7.70. The van der Waals surface area contributed by atoms with E-state index < -0.39 is 20.9 Å². The van der Waals surface area contributed by atoms with Crippen LogP contribution in [0.25, 0.3) is 0 Å². The predicted molar refractivity (Wildman–Crippen MR) is 131 cm³/mol. The Morgan fingerprint density at radius 3 is 2.56 bits per heavy atom. The Kier molecular flexibility index (Phi) is 5.58. The van der Waals surface area contributed by atoms with Crippen molar-refractivity contribution in [3.8, 4) is 0 Å². The van der Waals surface area contributed by atoms with Gasteiger partial charge in [-0.3, -0.25) is 4.79 Å². The molecule has 34 heavy (non-hydrogen) atoms. The summed E-state index contributed by atoms with van der Waals surface area (Å²) in [5.41, 5.74) is 3.82. The summed E-state index contributed by atoms with van der Waals surface area (Å²) in [6.45, 7) is 8.58. The lowest BCUT2D eigenvalue weighted by Crippen LogP contribution is -2.49. The standard InChI is InChI=1S/C28H34O5S/c1-17(2)28(30)14-13-24-23-11-7-19-15-20(29)8-12-22(19)25(23)26(33-16-27(24,28)3)18-5-9-21(10-6-18)34(4,31)32/h5-7,9-10,23-24,26,30H,1,8,11-16H2,2-4H3/t23?,24?,26-,27+,28-/m1/s1. The van der Waals surface area contributed by atoms with Crippen molar-refractivity contribution in [3.05, 3.63) is 64.8 Å². The number of benzene rings is 1. The van der Waals surface area contributed by atoms with Gasteiger partial charge >= 0.3 is 0 Å². The number of hydrogen-bond donors (Lipinski definition) is 1. The summed E-state index contributed by atoms with van der Waals surface area (Å²) in [5, 5.41) is 11.8. The molecule has 0 amide bonds. The third-order valence-corrected chi connectivity index (χ3v) is 10.1. The van der Waals surface area contributed by atoms with Crippen molar-refractivity contribution < 1.29 is 23.1 Å². The third-order valence-electron chi connectivity index (χ3n) is 9.01. The number of ether oxygens (including phenoxy) is 1. The van der Waals surface area contributed by atoms with Gasteiger partial charge in [0.1, 0.15) is 11.9 Å². The number of fused-ring (bicyclic) bond motifs is 4. The number of carbonyl (C=O) groups is 1. The largest absolute Gasteiger partial charge is 0.385 e. The molecule has 0 bridgehead atoms. The van der Waals surface area contributed by atoms with Crippen LogP contribution in [0.5, 0.6) is 0 Å². The van der Waals surface area contributed by atoms with E-state index >= 15 is 0 Å². The zero-order valence-electron chi connectivity index (χ0n) is 20.3. The number of aliphatic hydroxyl groups is 1. The maximum Gasteiger partial charge on any atom is 0.175 e. The van der Waals surface area contributed by atoms with Gasteiger partial charge in [0, 0.05) is 24.5 Å². The van der Waals surface area contributed by atoms with Crippen molar-refractivity contribution in [1.82, 2.24) is 0 Å². The van der Waals surface area contributed by atoms with E-state index in [1.54, 1.807) is 12.1 Å². The van der Waals surface area contributed by atoms with Gasteiger partial charge < -0.3 is 9.84 Å². The minimum Gasteiger partial charge on any atom is -0.385 e. The Balaban J connectivity index is 1.65. The summed E-state index contributed by atoms with van der Waals surface area (Å²) < 4.78 is 30.7. The van der Waals surface area contributed by atoms with Crippen LogP contribution < -0.4 is 0 Å². The average molecular weight is 483 g/mol. The fourth-order valence-electron chi connectivity index (χ4n) is 7.07. The molecule has 0 spiro atoms. The van der Waals surface area contributed by atoms with Crippen LogP contribution in [-0.2, 0) is 19.4 Å². The smallest absolute Gasteiger partial charge is 0.175 e. The van der Waals surface area contributed by atoms with Crippen LogP contribution in [0.3, 0.4) is 0 Å². The number of hydrogen-bond acceptors (Lipinski definition) is 5. The van der Waals surface area contributed by atoms with Gasteiger partial charge in [0.15, 0.2) is 9.84 Å². The molecular weight excluding hydrogens is 448 g/mol. The van der Waals surface area contributed by atoms with E-state index in [4.69, 9.17) is 4.74 Å². The molecule has 5 rings (SSSR count). The van der Waals surface area contributed by atoms with Gasteiger partial charge in [0.05, 0.1) is 17.1 Å². The quantitative estimate of drug-likeness (QED) is 0.621. The minimum atomic E-state index is -3.30. The zero-order chi connectivity index (χ0) is 24.5. The highest BCUT2D eigenvalue weighted by Crippen LogP contribution is 2.62. The van der Waals surface area contributed by atoms with Crippen molar-refractivity contribution in [2.45, 2.75) is 69.0 Å². The second-order valence-electron chi connectivity index (χ2n) is 11.0. The molecule has 1 aliphatic heterocycles. The van der Waals surface area contributed by atoms with Crippen molar-refractivity contribution >= 4 is 15.6 Å². The maximum absolute atomic E-state index is 12.2. The van der Waals surface area contributed by atoms with Gasteiger partial charge in [0.25, 0.3) is 0 Å². The van der Waals surface area contributed by atoms with Crippen LogP contribution in [0.2, 0.25) is 0 Å². The van der Waals surface area contributed by atoms with Crippen LogP contribution in [0, 0.1) is 17.3 Å². The number of carbonyl (C=O) groups excluding carboxylic acids is 1. The van der Waals surface area contributed by atoms with E-state index in [1.165, 1.54) is 17.4 Å². The average Bonchev–Trinajstić information content (AvgIpc) is 2.97. The lowest BCUT2D eigenvalue weighted by atomic mass is 9.61. The molecule has 1 aromatic rings. The van der Waals surface area contributed by atoms with Crippen LogP contribution in [0.4, 0.5) is 0 Å². The summed E-state index contributed by atoms with van der Waals surface area (Å²) in [5.74, 6) is 0.708. The highest BCUT2D eigenvalue weighted by Gasteiger charge is 2.61. The van der Waals surface area contributed by atoms with Gasteiger partial charge in [-0.05, 0) is 84.4 Å².